The predicted molar refractivity (Wildman–Crippen MR) is 85.0 cm³/mol. The lowest BCUT2D eigenvalue weighted by atomic mass is 10.1. The molecule has 21 heavy (non-hydrogen) atoms. The summed E-state index contributed by atoms with van der Waals surface area (Å²) in [5.74, 6) is -0.796. The molecule has 1 N–H and O–H groups in total. The van der Waals surface area contributed by atoms with Gasteiger partial charge in [-0.3, -0.25) is 4.79 Å². The van der Waals surface area contributed by atoms with Gasteiger partial charge in [-0.15, -0.1) is 0 Å². The van der Waals surface area contributed by atoms with E-state index in [0.717, 1.165) is 11.1 Å². The number of hydrogen-bond acceptors (Lipinski definition) is 1. The number of benzene rings is 2. The van der Waals surface area contributed by atoms with E-state index in [4.69, 9.17) is 11.6 Å². The molecule has 2 nitrogen and oxygen atoms in total. The second kappa shape index (κ2) is 6.55. The minimum absolute atomic E-state index is 0.203. The van der Waals surface area contributed by atoms with Crippen molar-refractivity contribution < 1.29 is 9.18 Å². The molecule has 0 atom stereocenters. The highest BCUT2D eigenvalue weighted by Gasteiger charge is 2.04. The van der Waals surface area contributed by atoms with Crippen LogP contribution in [-0.4, -0.2) is 5.91 Å². The fourth-order valence-electron chi connectivity index (χ4n) is 1.83. The zero-order valence-electron chi connectivity index (χ0n) is 11.8. The molecule has 0 saturated heterocycles. The summed E-state index contributed by atoms with van der Waals surface area (Å²) in [7, 11) is 0. The average Bonchev–Trinajstić information content (AvgIpc) is 2.42. The van der Waals surface area contributed by atoms with Crippen LogP contribution in [0.1, 0.15) is 16.7 Å². The Balaban J connectivity index is 2.11. The first-order valence-electron chi connectivity index (χ1n) is 6.47. The zero-order chi connectivity index (χ0) is 15.4. The summed E-state index contributed by atoms with van der Waals surface area (Å²) >= 11 is 5.89. The molecule has 2 aromatic carbocycles. The smallest absolute Gasteiger partial charge is 0.248 e. The number of rotatable bonds is 3. The molecule has 0 aliphatic rings. The fraction of sp³-hybridized carbons (Fsp3) is 0.118. The Hall–Kier alpha value is -2.13. The number of halogens is 2. The standard InChI is InChI=1S/C17H15ClFNO/c1-11-6-7-13(10-12(11)2)20-17(21)9-8-14-15(18)4-3-5-16(14)19/h3-10H,1-2H3,(H,20,21). The average molecular weight is 304 g/mol. The van der Waals surface area contributed by atoms with Crippen LogP contribution in [0.25, 0.3) is 6.08 Å². The Bertz CT molecular complexity index is 690. The summed E-state index contributed by atoms with van der Waals surface area (Å²) in [6.45, 7) is 3.97. The van der Waals surface area contributed by atoms with Gasteiger partial charge in [0.15, 0.2) is 0 Å². The molecule has 108 valence electrons. The quantitative estimate of drug-likeness (QED) is 0.815. The molecule has 0 unspecified atom stereocenters. The third-order valence-electron chi connectivity index (χ3n) is 3.18. The molecule has 2 aromatic rings. The second-order valence-corrected chi connectivity index (χ2v) is 5.16. The summed E-state index contributed by atoms with van der Waals surface area (Å²) in [5, 5.41) is 3.00. The monoisotopic (exact) mass is 303 g/mol. The maximum atomic E-state index is 13.6. The van der Waals surface area contributed by atoms with E-state index < -0.39 is 5.82 Å². The van der Waals surface area contributed by atoms with Gasteiger partial charge in [-0.1, -0.05) is 23.7 Å². The van der Waals surface area contributed by atoms with Crippen LogP contribution in [-0.2, 0) is 4.79 Å². The Morgan fingerprint density at radius 2 is 1.95 bits per heavy atom. The Kier molecular flexibility index (Phi) is 4.76. The normalized spacial score (nSPS) is 10.9. The lowest BCUT2D eigenvalue weighted by Gasteiger charge is -2.05. The topological polar surface area (TPSA) is 29.1 Å². The van der Waals surface area contributed by atoms with Gasteiger partial charge in [-0.2, -0.15) is 0 Å². The van der Waals surface area contributed by atoms with Crippen molar-refractivity contribution in [1.82, 2.24) is 0 Å². The highest BCUT2D eigenvalue weighted by Crippen LogP contribution is 2.20. The molecule has 0 heterocycles. The molecule has 0 fully saturated rings. The first-order valence-corrected chi connectivity index (χ1v) is 6.85. The molecule has 2 rings (SSSR count). The van der Waals surface area contributed by atoms with Crippen LogP contribution in [0.15, 0.2) is 42.5 Å². The predicted octanol–water partition coefficient (Wildman–Crippen LogP) is 4.75. The molecular formula is C17H15ClFNO. The largest absolute Gasteiger partial charge is 0.323 e. The molecule has 4 heteroatoms. The van der Waals surface area contributed by atoms with Crippen LogP contribution in [0.5, 0.6) is 0 Å². The van der Waals surface area contributed by atoms with Gasteiger partial charge in [-0.25, -0.2) is 4.39 Å². The van der Waals surface area contributed by atoms with E-state index in [0.29, 0.717) is 5.69 Å². The van der Waals surface area contributed by atoms with Gasteiger partial charge in [0.05, 0.1) is 5.02 Å². The summed E-state index contributed by atoms with van der Waals surface area (Å²) in [6, 6.07) is 10.0. The minimum Gasteiger partial charge on any atom is -0.323 e. The first kappa shape index (κ1) is 15.3. The minimum atomic E-state index is -0.460. The van der Waals surface area contributed by atoms with Gasteiger partial charge < -0.3 is 5.32 Å². The molecule has 0 bridgehead atoms. The molecule has 0 radical (unpaired) electrons. The van der Waals surface area contributed by atoms with Gasteiger partial charge in [0, 0.05) is 17.3 Å². The van der Waals surface area contributed by atoms with E-state index >= 15 is 0 Å². The molecular weight excluding hydrogens is 289 g/mol. The highest BCUT2D eigenvalue weighted by atomic mass is 35.5. The highest BCUT2D eigenvalue weighted by molar-refractivity contribution is 6.32. The molecule has 1 amide bonds. The Morgan fingerprint density at radius 3 is 2.62 bits per heavy atom. The Morgan fingerprint density at radius 1 is 1.19 bits per heavy atom. The fourth-order valence-corrected chi connectivity index (χ4v) is 2.06. The summed E-state index contributed by atoms with van der Waals surface area (Å²) in [6.07, 6.45) is 2.63. The lowest BCUT2D eigenvalue weighted by molar-refractivity contribution is -0.111. The zero-order valence-corrected chi connectivity index (χ0v) is 12.5. The van der Waals surface area contributed by atoms with Crippen LogP contribution in [0.4, 0.5) is 10.1 Å². The number of hydrogen-bond donors (Lipinski definition) is 1. The van der Waals surface area contributed by atoms with Gasteiger partial charge in [0.1, 0.15) is 5.82 Å². The summed E-state index contributed by atoms with van der Waals surface area (Å²) in [5.41, 5.74) is 3.15. The van der Waals surface area contributed by atoms with Crippen molar-refractivity contribution in [3.63, 3.8) is 0 Å². The number of amides is 1. The number of carbonyl (C=O) groups is 1. The van der Waals surface area contributed by atoms with Gasteiger partial charge >= 0.3 is 0 Å². The van der Waals surface area contributed by atoms with E-state index in [1.54, 1.807) is 6.07 Å². The van der Waals surface area contributed by atoms with E-state index in [1.165, 1.54) is 24.3 Å². The van der Waals surface area contributed by atoms with E-state index in [9.17, 15) is 9.18 Å². The van der Waals surface area contributed by atoms with Crippen LogP contribution < -0.4 is 5.32 Å². The van der Waals surface area contributed by atoms with Crippen molar-refractivity contribution in [2.75, 3.05) is 5.32 Å². The summed E-state index contributed by atoms with van der Waals surface area (Å²) < 4.78 is 13.6. The number of carbonyl (C=O) groups excluding carboxylic acids is 1. The van der Waals surface area contributed by atoms with Crippen molar-refractivity contribution in [3.05, 3.63) is 70.0 Å². The molecule has 0 aromatic heterocycles. The van der Waals surface area contributed by atoms with Gasteiger partial charge in [-0.05, 0) is 55.3 Å². The van der Waals surface area contributed by atoms with Crippen LogP contribution in [0, 0.1) is 19.7 Å². The molecule has 0 aliphatic heterocycles. The molecule has 0 spiro atoms. The Labute approximate surface area is 128 Å². The SMILES string of the molecule is Cc1ccc(NC(=O)C=Cc2c(F)cccc2Cl)cc1C. The van der Waals surface area contributed by atoms with E-state index in [2.05, 4.69) is 5.32 Å². The van der Waals surface area contributed by atoms with E-state index in [-0.39, 0.29) is 16.5 Å². The third-order valence-corrected chi connectivity index (χ3v) is 3.51. The third kappa shape index (κ3) is 3.92. The van der Waals surface area contributed by atoms with Crippen molar-refractivity contribution in [2.45, 2.75) is 13.8 Å². The molecule has 0 saturated carbocycles. The van der Waals surface area contributed by atoms with Crippen LogP contribution >= 0.6 is 11.6 Å². The first-order chi connectivity index (χ1) is 9.97. The second-order valence-electron chi connectivity index (χ2n) is 4.76. The number of aryl methyl sites for hydroxylation is 2. The van der Waals surface area contributed by atoms with Crippen molar-refractivity contribution in [1.29, 1.82) is 0 Å². The van der Waals surface area contributed by atoms with Crippen molar-refractivity contribution in [2.24, 2.45) is 0 Å². The van der Waals surface area contributed by atoms with Crippen molar-refractivity contribution in [3.8, 4) is 0 Å². The van der Waals surface area contributed by atoms with E-state index in [1.807, 2.05) is 32.0 Å². The number of anilines is 1. The number of nitrogens with one attached hydrogen (secondary N) is 1. The van der Waals surface area contributed by atoms with Gasteiger partial charge in [0.2, 0.25) is 5.91 Å². The van der Waals surface area contributed by atoms with Crippen molar-refractivity contribution >= 4 is 29.3 Å². The van der Waals surface area contributed by atoms with Crippen LogP contribution in [0.3, 0.4) is 0 Å². The summed E-state index contributed by atoms with van der Waals surface area (Å²) in [4.78, 5) is 11.8. The maximum absolute atomic E-state index is 13.6. The van der Waals surface area contributed by atoms with Crippen LogP contribution in [0.2, 0.25) is 5.02 Å². The lowest BCUT2D eigenvalue weighted by Crippen LogP contribution is -2.08. The van der Waals surface area contributed by atoms with Gasteiger partial charge in [0.25, 0.3) is 0 Å². The maximum Gasteiger partial charge on any atom is 0.248 e. The molecule has 0 aliphatic carbocycles.